The molecule has 0 unspecified atom stereocenters. The highest BCUT2D eigenvalue weighted by Crippen LogP contribution is 2.30. The second-order valence-corrected chi connectivity index (χ2v) is 2.82. The molecule has 0 aliphatic heterocycles. The minimum Gasteiger partial charge on any atom is -0.661 e. The van der Waals surface area contributed by atoms with Crippen LogP contribution in [0.25, 0.3) is 5.32 Å². The number of halogens is 4. The van der Waals surface area contributed by atoms with Gasteiger partial charge in [-0.1, -0.05) is 5.56 Å². The molecule has 0 fully saturated rings. The lowest BCUT2D eigenvalue weighted by Crippen LogP contribution is -2.06. The maximum absolute atomic E-state index is 12.7. The quantitative estimate of drug-likeness (QED) is 0.659. The molecule has 0 aromatic heterocycles. The van der Waals surface area contributed by atoms with Gasteiger partial charge in [0.05, 0.1) is 5.56 Å². The van der Waals surface area contributed by atoms with Crippen molar-refractivity contribution in [3.63, 3.8) is 0 Å². The summed E-state index contributed by atoms with van der Waals surface area (Å²) in [7, 11) is 1.46. The third-order valence-corrected chi connectivity index (χ3v) is 1.63. The predicted octanol–water partition coefficient (Wildman–Crippen LogP) is 3.35. The van der Waals surface area contributed by atoms with Gasteiger partial charge in [0.15, 0.2) is 0 Å². The summed E-state index contributed by atoms with van der Waals surface area (Å²) < 4.78 is 49.3. The topological polar surface area (TPSA) is 14.1 Å². The standard InChI is InChI=1S/C9H8F4N/c1-14-5-6-2-7(9(11,12)13)4-8(10)3-6/h2-4H,5H2,1H3/q-1. The molecule has 0 radical (unpaired) electrons. The molecule has 0 aliphatic carbocycles. The van der Waals surface area contributed by atoms with Crippen molar-refractivity contribution >= 4 is 0 Å². The Morgan fingerprint density at radius 3 is 2.36 bits per heavy atom. The maximum atomic E-state index is 12.7. The van der Waals surface area contributed by atoms with Crippen molar-refractivity contribution in [2.24, 2.45) is 0 Å². The van der Waals surface area contributed by atoms with E-state index in [1.165, 1.54) is 7.05 Å². The smallest absolute Gasteiger partial charge is 0.416 e. The van der Waals surface area contributed by atoms with E-state index in [4.69, 9.17) is 0 Å². The molecule has 1 nitrogen and oxygen atoms in total. The Hall–Kier alpha value is -1.10. The molecule has 1 rings (SSSR count). The normalized spacial score (nSPS) is 11.8. The van der Waals surface area contributed by atoms with Crippen molar-refractivity contribution in [1.82, 2.24) is 0 Å². The van der Waals surface area contributed by atoms with Crippen LogP contribution >= 0.6 is 0 Å². The Kier molecular flexibility index (Phi) is 3.10. The molecule has 1 aromatic carbocycles. The van der Waals surface area contributed by atoms with Crippen molar-refractivity contribution in [1.29, 1.82) is 0 Å². The molecule has 0 aliphatic rings. The molecule has 0 spiro atoms. The van der Waals surface area contributed by atoms with E-state index in [1.807, 2.05) is 0 Å². The summed E-state index contributed by atoms with van der Waals surface area (Å²) in [5.41, 5.74) is -0.754. The number of hydrogen-bond acceptors (Lipinski definition) is 0. The van der Waals surface area contributed by atoms with Gasteiger partial charge in [-0.2, -0.15) is 20.2 Å². The van der Waals surface area contributed by atoms with Crippen LogP contribution in [0.5, 0.6) is 0 Å². The van der Waals surface area contributed by atoms with Gasteiger partial charge in [0.1, 0.15) is 5.82 Å². The Labute approximate surface area is 78.7 Å². The van der Waals surface area contributed by atoms with Gasteiger partial charge >= 0.3 is 6.18 Å². The zero-order chi connectivity index (χ0) is 10.8. The number of hydrogen-bond donors (Lipinski definition) is 0. The Bertz CT molecular complexity index is 319. The van der Waals surface area contributed by atoms with Gasteiger partial charge in [-0.3, -0.25) is 0 Å². The van der Waals surface area contributed by atoms with E-state index in [9.17, 15) is 17.6 Å². The van der Waals surface area contributed by atoms with Crippen LogP contribution in [0.1, 0.15) is 11.1 Å². The molecular weight excluding hydrogens is 198 g/mol. The van der Waals surface area contributed by atoms with Crippen molar-refractivity contribution in [2.75, 3.05) is 7.05 Å². The van der Waals surface area contributed by atoms with E-state index in [-0.39, 0.29) is 12.1 Å². The zero-order valence-electron chi connectivity index (χ0n) is 7.40. The zero-order valence-corrected chi connectivity index (χ0v) is 7.40. The fourth-order valence-corrected chi connectivity index (χ4v) is 1.09. The molecular formula is C9H8F4N-. The van der Waals surface area contributed by atoms with Crippen LogP contribution < -0.4 is 0 Å². The maximum Gasteiger partial charge on any atom is 0.416 e. The third kappa shape index (κ3) is 2.70. The highest BCUT2D eigenvalue weighted by atomic mass is 19.4. The molecule has 0 bridgehead atoms. The largest absolute Gasteiger partial charge is 0.661 e. The van der Waals surface area contributed by atoms with Gasteiger partial charge in [-0.25, -0.2) is 4.39 Å². The second kappa shape index (κ2) is 3.96. The van der Waals surface area contributed by atoms with Gasteiger partial charge in [0, 0.05) is 0 Å². The van der Waals surface area contributed by atoms with E-state index in [0.29, 0.717) is 6.07 Å². The minimum atomic E-state index is -4.51. The lowest BCUT2D eigenvalue weighted by atomic mass is 10.1. The van der Waals surface area contributed by atoms with Crippen molar-refractivity contribution < 1.29 is 17.6 Å². The summed E-state index contributed by atoms with van der Waals surface area (Å²) in [4.78, 5) is 0. The van der Waals surface area contributed by atoms with E-state index < -0.39 is 17.6 Å². The lowest BCUT2D eigenvalue weighted by Gasteiger charge is -2.14. The molecule has 5 heteroatoms. The van der Waals surface area contributed by atoms with E-state index in [1.54, 1.807) is 0 Å². The van der Waals surface area contributed by atoms with Crippen LogP contribution in [0, 0.1) is 5.82 Å². The molecule has 78 valence electrons. The van der Waals surface area contributed by atoms with E-state index in [0.717, 1.165) is 12.1 Å². The van der Waals surface area contributed by atoms with Gasteiger partial charge < -0.3 is 5.32 Å². The average Bonchev–Trinajstić information content (AvgIpc) is 2.02. The van der Waals surface area contributed by atoms with Gasteiger partial charge in [0.2, 0.25) is 0 Å². The van der Waals surface area contributed by atoms with Crippen molar-refractivity contribution in [3.8, 4) is 0 Å². The van der Waals surface area contributed by atoms with Gasteiger partial charge in [-0.15, -0.1) is 6.54 Å². The summed E-state index contributed by atoms with van der Waals surface area (Å²) >= 11 is 0. The first-order chi connectivity index (χ1) is 6.43. The highest BCUT2D eigenvalue weighted by molar-refractivity contribution is 5.27. The van der Waals surface area contributed by atoms with Crippen LogP contribution in [-0.2, 0) is 12.7 Å². The molecule has 1 aromatic rings. The molecule has 0 saturated heterocycles. The minimum absolute atomic E-state index is 0.0842. The predicted molar refractivity (Wildman–Crippen MR) is 44.4 cm³/mol. The molecule has 0 amide bonds. The van der Waals surface area contributed by atoms with E-state index >= 15 is 0 Å². The molecule has 0 saturated carbocycles. The Balaban J connectivity index is 3.07. The van der Waals surface area contributed by atoms with Crippen LogP contribution in [0.15, 0.2) is 18.2 Å². The third-order valence-electron chi connectivity index (χ3n) is 1.63. The number of benzene rings is 1. The number of nitrogens with zero attached hydrogens (tertiary/aromatic N) is 1. The van der Waals surface area contributed by atoms with Gasteiger partial charge in [-0.05, 0) is 18.2 Å². The van der Waals surface area contributed by atoms with E-state index in [2.05, 4.69) is 5.32 Å². The lowest BCUT2D eigenvalue weighted by molar-refractivity contribution is -0.137. The molecule has 14 heavy (non-hydrogen) atoms. The number of alkyl halides is 3. The Morgan fingerprint density at radius 1 is 1.21 bits per heavy atom. The first-order valence-electron chi connectivity index (χ1n) is 3.85. The fraction of sp³-hybridized carbons (Fsp3) is 0.333. The van der Waals surface area contributed by atoms with Crippen LogP contribution in [0.4, 0.5) is 17.6 Å². The molecule has 0 heterocycles. The molecule has 0 atom stereocenters. The first-order valence-corrected chi connectivity index (χ1v) is 3.85. The monoisotopic (exact) mass is 206 g/mol. The summed E-state index contributed by atoms with van der Waals surface area (Å²) in [6, 6.07) is 2.41. The summed E-state index contributed by atoms with van der Waals surface area (Å²) in [6.45, 7) is 0.0842. The first kappa shape index (κ1) is 11.0. The number of rotatable bonds is 2. The van der Waals surface area contributed by atoms with Crippen LogP contribution in [0.2, 0.25) is 0 Å². The highest BCUT2D eigenvalue weighted by Gasteiger charge is 2.30. The summed E-state index contributed by atoms with van der Waals surface area (Å²) in [6.07, 6.45) is -4.51. The van der Waals surface area contributed by atoms with Gasteiger partial charge in [0.25, 0.3) is 0 Å². The van der Waals surface area contributed by atoms with Crippen molar-refractivity contribution in [3.05, 3.63) is 40.5 Å². The van der Waals surface area contributed by atoms with Crippen molar-refractivity contribution in [2.45, 2.75) is 12.7 Å². The van der Waals surface area contributed by atoms with Crippen LogP contribution in [-0.4, -0.2) is 7.05 Å². The SMILES string of the molecule is C[N-]Cc1cc(F)cc(C(F)(F)F)c1. The van der Waals surface area contributed by atoms with Crippen LogP contribution in [0.3, 0.4) is 0 Å². The molecule has 0 N–H and O–H groups in total. The summed E-state index contributed by atoms with van der Waals surface area (Å²) in [5, 5.41) is 3.64. The average molecular weight is 206 g/mol. The second-order valence-electron chi connectivity index (χ2n) is 2.82. The summed E-state index contributed by atoms with van der Waals surface area (Å²) in [5.74, 6) is -0.890. The fourth-order valence-electron chi connectivity index (χ4n) is 1.09. The Morgan fingerprint density at radius 2 is 1.86 bits per heavy atom.